The largest absolute Gasteiger partial charge is 0.368 e. The molecular weight excluding hydrogens is 140 g/mol. The molecule has 1 rings (SSSR count). The van der Waals surface area contributed by atoms with E-state index in [1.165, 1.54) is 12.8 Å². The Balaban J connectivity index is 2.32. The van der Waals surface area contributed by atoms with E-state index in [-0.39, 0.29) is 0 Å². The van der Waals surface area contributed by atoms with Crippen LogP contribution in [-0.2, 0) is 7.05 Å². The molecule has 0 saturated heterocycles. The zero-order valence-corrected chi connectivity index (χ0v) is 6.96. The predicted molar refractivity (Wildman–Crippen MR) is 43.2 cm³/mol. The molecule has 0 unspecified atom stereocenters. The Morgan fingerprint density at radius 3 is 3.00 bits per heavy atom. The number of hydrogen-bond acceptors (Lipinski definition) is 3. The van der Waals surface area contributed by atoms with E-state index in [1.807, 2.05) is 7.05 Å². The highest BCUT2D eigenvalue weighted by Crippen LogP contribution is 1.99. The van der Waals surface area contributed by atoms with Crippen molar-refractivity contribution >= 4 is 5.82 Å². The lowest BCUT2D eigenvalue weighted by atomic mass is 10.3. The second-order valence-corrected chi connectivity index (χ2v) is 2.45. The summed E-state index contributed by atoms with van der Waals surface area (Å²) in [6, 6.07) is 0. The average molecular weight is 153 g/mol. The van der Waals surface area contributed by atoms with Crippen molar-refractivity contribution in [2.75, 3.05) is 11.9 Å². The van der Waals surface area contributed by atoms with Crippen molar-refractivity contribution < 1.29 is 0 Å². The molecule has 0 aromatic carbocycles. The molecule has 0 spiro atoms. The Kier molecular flexibility index (Phi) is 2.89. The fourth-order valence-corrected chi connectivity index (χ4v) is 0.791. The van der Waals surface area contributed by atoms with Crippen LogP contribution in [0.5, 0.6) is 0 Å². The second-order valence-electron chi connectivity index (χ2n) is 2.45. The molecule has 0 fully saturated rings. The molecule has 0 amide bonds. The highest BCUT2D eigenvalue weighted by molar-refractivity contribution is 5.28. The van der Waals surface area contributed by atoms with Crippen LogP contribution in [0.4, 0.5) is 5.82 Å². The molecule has 11 heavy (non-hydrogen) atoms. The van der Waals surface area contributed by atoms with Gasteiger partial charge in [0.15, 0.2) is 12.0 Å². The van der Waals surface area contributed by atoms with Gasteiger partial charge in [-0.2, -0.15) is 0 Å². The number of nitrogens with zero attached hydrogens (tertiary/aromatic N) is 3. The van der Waals surface area contributed by atoms with Crippen LogP contribution in [-0.4, -0.2) is 21.5 Å². The van der Waals surface area contributed by atoms with E-state index in [4.69, 9.17) is 0 Å². The van der Waals surface area contributed by atoms with Crippen molar-refractivity contribution in [1.82, 2.24) is 15.0 Å². The van der Waals surface area contributed by atoms with E-state index < -0.39 is 0 Å². The summed E-state index contributed by atoms with van der Waals surface area (Å²) in [5.74, 6) is 0.860. The summed E-state index contributed by atoms with van der Waals surface area (Å²) in [4.78, 5) is 0. The highest BCUT2D eigenvalue weighted by Gasteiger charge is 1.96. The van der Waals surface area contributed by atoms with Crippen molar-refractivity contribution in [3.63, 3.8) is 0 Å². The first-order valence-corrected chi connectivity index (χ1v) is 3.86. The number of aromatic nitrogens is 3. The van der Waals surface area contributed by atoms with Crippen LogP contribution in [0.25, 0.3) is 0 Å². The molecular formula is C7H13N4. The van der Waals surface area contributed by atoms with Crippen molar-refractivity contribution in [1.29, 1.82) is 0 Å². The van der Waals surface area contributed by atoms with E-state index in [2.05, 4.69) is 28.7 Å². The topological polar surface area (TPSA) is 42.7 Å². The molecule has 4 nitrogen and oxygen atoms in total. The molecule has 61 valence electrons. The fourth-order valence-electron chi connectivity index (χ4n) is 0.791. The second kappa shape index (κ2) is 3.95. The lowest BCUT2D eigenvalue weighted by molar-refractivity contribution is 0.713. The van der Waals surface area contributed by atoms with Crippen LogP contribution in [0.3, 0.4) is 0 Å². The van der Waals surface area contributed by atoms with Gasteiger partial charge >= 0.3 is 0 Å². The Labute approximate surface area is 66.6 Å². The number of hydrogen-bond donors (Lipinski definition) is 1. The van der Waals surface area contributed by atoms with Gasteiger partial charge in [0.2, 0.25) is 0 Å². The van der Waals surface area contributed by atoms with Crippen molar-refractivity contribution in [3.05, 3.63) is 6.20 Å². The Morgan fingerprint density at radius 1 is 1.64 bits per heavy atom. The average Bonchev–Trinajstić information content (AvgIpc) is 2.37. The van der Waals surface area contributed by atoms with E-state index in [0.717, 1.165) is 12.4 Å². The quantitative estimate of drug-likeness (QED) is 0.651. The minimum Gasteiger partial charge on any atom is -0.368 e. The molecule has 4 heteroatoms. The molecule has 0 atom stereocenters. The maximum atomic E-state index is 3.74. The SMILES string of the molecule is CCCCNc1[c]nnn1C. The number of nitrogens with one attached hydrogen (secondary N) is 1. The predicted octanol–water partition coefficient (Wildman–Crippen LogP) is 0.827. The number of rotatable bonds is 4. The summed E-state index contributed by atoms with van der Waals surface area (Å²) in [7, 11) is 1.85. The molecule has 1 aromatic rings. The van der Waals surface area contributed by atoms with Gasteiger partial charge in [0.25, 0.3) is 0 Å². The number of unbranched alkanes of at least 4 members (excludes halogenated alkanes) is 1. The van der Waals surface area contributed by atoms with Crippen molar-refractivity contribution in [2.45, 2.75) is 19.8 Å². The number of anilines is 1. The Bertz CT molecular complexity index is 206. The first kappa shape index (κ1) is 8.04. The van der Waals surface area contributed by atoms with E-state index in [0.29, 0.717) is 0 Å². The van der Waals surface area contributed by atoms with Crippen LogP contribution in [0.15, 0.2) is 0 Å². The zero-order chi connectivity index (χ0) is 8.10. The molecule has 0 aliphatic rings. The van der Waals surface area contributed by atoms with Gasteiger partial charge in [-0.15, -0.1) is 5.10 Å². The van der Waals surface area contributed by atoms with E-state index in [1.54, 1.807) is 4.68 Å². The summed E-state index contributed by atoms with van der Waals surface area (Å²) in [5.41, 5.74) is 0. The van der Waals surface area contributed by atoms with Gasteiger partial charge in [-0.3, -0.25) is 0 Å². The molecule has 1 N–H and O–H groups in total. The monoisotopic (exact) mass is 153 g/mol. The molecule has 1 heterocycles. The van der Waals surface area contributed by atoms with Crippen LogP contribution in [0.1, 0.15) is 19.8 Å². The first-order valence-electron chi connectivity index (χ1n) is 3.86. The van der Waals surface area contributed by atoms with Gasteiger partial charge in [0.1, 0.15) is 0 Å². The maximum absolute atomic E-state index is 3.74. The highest BCUT2D eigenvalue weighted by atomic mass is 15.4. The molecule has 0 aliphatic carbocycles. The molecule has 0 bridgehead atoms. The minimum atomic E-state index is 0.860. The zero-order valence-electron chi connectivity index (χ0n) is 6.96. The van der Waals surface area contributed by atoms with Crippen LogP contribution >= 0.6 is 0 Å². The van der Waals surface area contributed by atoms with Crippen LogP contribution < -0.4 is 5.32 Å². The van der Waals surface area contributed by atoms with Gasteiger partial charge in [0.05, 0.1) is 0 Å². The fraction of sp³-hybridized carbons (Fsp3) is 0.714. The summed E-state index contributed by atoms with van der Waals surface area (Å²) >= 11 is 0. The van der Waals surface area contributed by atoms with Crippen molar-refractivity contribution in [3.8, 4) is 0 Å². The normalized spacial score (nSPS) is 10.0. The van der Waals surface area contributed by atoms with E-state index in [9.17, 15) is 0 Å². The van der Waals surface area contributed by atoms with Crippen LogP contribution in [0.2, 0.25) is 0 Å². The Hall–Kier alpha value is -1.06. The lowest BCUT2D eigenvalue weighted by Crippen LogP contribution is -2.05. The summed E-state index contributed by atoms with van der Waals surface area (Å²) in [6.07, 6.45) is 5.11. The third-order valence-corrected chi connectivity index (χ3v) is 1.48. The Morgan fingerprint density at radius 2 is 2.45 bits per heavy atom. The first-order chi connectivity index (χ1) is 5.34. The third-order valence-electron chi connectivity index (χ3n) is 1.48. The summed E-state index contributed by atoms with van der Waals surface area (Å²) < 4.78 is 1.68. The summed E-state index contributed by atoms with van der Waals surface area (Å²) in [6.45, 7) is 3.13. The summed E-state index contributed by atoms with van der Waals surface area (Å²) in [5, 5.41) is 10.5. The molecule has 0 aliphatic heterocycles. The van der Waals surface area contributed by atoms with Crippen molar-refractivity contribution in [2.24, 2.45) is 7.05 Å². The van der Waals surface area contributed by atoms with Crippen LogP contribution in [0, 0.1) is 6.20 Å². The molecule has 1 radical (unpaired) electrons. The minimum absolute atomic E-state index is 0.860. The standard InChI is InChI=1S/C7H13N4/c1-3-4-5-8-7-6-9-10-11(7)2/h8H,3-5H2,1-2H3. The van der Waals surface area contributed by atoms with Gasteiger partial charge < -0.3 is 5.32 Å². The number of aryl methyl sites for hydroxylation is 1. The lowest BCUT2D eigenvalue weighted by Gasteiger charge is -2.02. The van der Waals surface area contributed by atoms with Gasteiger partial charge in [-0.05, 0) is 6.42 Å². The molecule has 1 aromatic heterocycles. The van der Waals surface area contributed by atoms with Gasteiger partial charge in [0, 0.05) is 13.6 Å². The van der Waals surface area contributed by atoms with Gasteiger partial charge in [-0.25, -0.2) is 4.68 Å². The van der Waals surface area contributed by atoms with Gasteiger partial charge in [-0.1, -0.05) is 18.6 Å². The third kappa shape index (κ3) is 2.22. The van der Waals surface area contributed by atoms with E-state index >= 15 is 0 Å². The molecule has 0 saturated carbocycles. The smallest absolute Gasteiger partial charge is 0.161 e. The maximum Gasteiger partial charge on any atom is 0.161 e.